The summed E-state index contributed by atoms with van der Waals surface area (Å²) in [5, 5.41) is 6.40. The van der Waals surface area contributed by atoms with Crippen molar-refractivity contribution in [2.24, 2.45) is 0 Å². The van der Waals surface area contributed by atoms with Crippen molar-refractivity contribution in [3.63, 3.8) is 0 Å². The van der Waals surface area contributed by atoms with Gasteiger partial charge in [0.25, 0.3) is 5.91 Å². The largest absolute Gasteiger partial charge is 0.489 e. The van der Waals surface area contributed by atoms with E-state index in [1.807, 2.05) is 48.5 Å². The minimum Gasteiger partial charge on any atom is -0.489 e. The van der Waals surface area contributed by atoms with Gasteiger partial charge in [0.1, 0.15) is 12.4 Å². The molecule has 4 nitrogen and oxygen atoms in total. The van der Waals surface area contributed by atoms with Crippen molar-refractivity contribution >= 4 is 5.91 Å². The summed E-state index contributed by atoms with van der Waals surface area (Å²) in [6.45, 7) is 2.43. The predicted octanol–water partition coefficient (Wildman–Crippen LogP) is 2.75. The molecule has 120 valence electrons. The SMILES string of the molecule is O=C(NC1CCNCC1)c1cccc(OCc2ccccc2)c1. The zero-order chi connectivity index (χ0) is 15.9. The van der Waals surface area contributed by atoms with Crippen molar-refractivity contribution in [1.82, 2.24) is 10.6 Å². The molecular formula is C19H22N2O2. The summed E-state index contributed by atoms with van der Waals surface area (Å²) in [7, 11) is 0. The highest BCUT2D eigenvalue weighted by Crippen LogP contribution is 2.16. The molecule has 2 aromatic carbocycles. The van der Waals surface area contributed by atoms with E-state index >= 15 is 0 Å². The van der Waals surface area contributed by atoms with E-state index in [2.05, 4.69) is 10.6 Å². The number of carbonyl (C=O) groups is 1. The van der Waals surface area contributed by atoms with Crippen molar-refractivity contribution in [3.8, 4) is 5.75 Å². The van der Waals surface area contributed by atoms with Gasteiger partial charge in [-0.25, -0.2) is 0 Å². The summed E-state index contributed by atoms with van der Waals surface area (Å²) in [5.74, 6) is 0.689. The van der Waals surface area contributed by atoms with Gasteiger partial charge in [-0.15, -0.1) is 0 Å². The number of nitrogens with one attached hydrogen (secondary N) is 2. The molecule has 0 atom stereocenters. The van der Waals surface area contributed by atoms with Gasteiger partial charge in [0.05, 0.1) is 0 Å². The van der Waals surface area contributed by atoms with Crippen LogP contribution in [0.5, 0.6) is 5.75 Å². The van der Waals surface area contributed by atoms with E-state index in [-0.39, 0.29) is 11.9 Å². The lowest BCUT2D eigenvalue weighted by Gasteiger charge is -2.23. The molecule has 3 rings (SSSR count). The Bertz CT molecular complexity index is 637. The average Bonchev–Trinajstić information content (AvgIpc) is 2.62. The van der Waals surface area contributed by atoms with Crippen LogP contribution in [0.1, 0.15) is 28.8 Å². The highest BCUT2D eigenvalue weighted by molar-refractivity contribution is 5.94. The van der Waals surface area contributed by atoms with Crippen molar-refractivity contribution < 1.29 is 9.53 Å². The van der Waals surface area contributed by atoms with Gasteiger partial charge in [0.2, 0.25) is 0 Å². The van der Waals surface area contributed by atoms with Crippen LogP contribution in [0.15, 0.2) is 54.6 Å². The van der Waals surface area contributed by atoms with Crippen LogP contribution in [-0.2, 0) is 6.61 Å². The summed E-state index contributed by atoms with van der Waals surface area (Å²) in [6.07, 6.45) is 1.96. The Balaban J connectivity index is 1.59. The Morgan fingerprint density at radius 2 is 1.87 bits per heavy atom. The second kappa shape index (κ2) is 7.79. The normalized spacial score (nSPS) is 15.1. The van der Waals surface area contributed by atoms with Gasteiger partial charge in [-0.05, 0) is 49.7 Å². The zero-order valence-electron chi connectivity index (χ0n) is 13.1. The summed E-state index contributed by atoms with van der Waals surface area (Å²) in [4.78, 5) is 12.4. The molecule has 0 spiro atoms. The monoisotopic (exact) mass is 310 g/mol. The molecule has 0 bridgehead atoms. The van der Waals surface area contributed by atoms with Gasteiger partial charge < -0.3 is 15.4 Å². The number of ether oxygens (including phenoxy) is 1. The zero-order valence-corrected chi connectivity index (χ0v) is 13.1. The van der Waals surface area contributed by atoms with Gasteiger partial charge in [-0.3, -0.25) is 4.79 Å². The van der Waals surface area contributed by atoms with Crippen LogP contribution in [0.3, 0.4) is 0 Å². The molecule has 0 unspecified atom stereocenters. The first-order valence-corrected chi connectivity index (χ1v) is 8.09. The molecule has 1 amide bonds. The second-order valence-electron chi connectivity index (χ2n) is 5.80. The van der Waals surface area contributed by atoms with Crippen LogP contribution in [0, 0.1) is 0 Å². The van der Waals surface area contributed by atoms with Crippen LogP contribution in [0.4, 0.5) is 0 Å². The van der Waals surface area contributed by atoms with Gasteiger partial charge in [0.15, 0.2) is 0 Å². The molecule has 1 heterocycles. The minimum absolute atomic E-state index is 0.0259. The molecule has 1 fully saturated rings. The minimum atomic E-state index is -0.0259. The smallest absolute Gasteiger partial charge is 0.251 e. The molecule has 0 aliphatic carbocycles. The Hall–Kier alpha value is -2.33. The van der Waals surface area contributed by atoms with Crippen LogP contribution in [0.25, 0.3) is 0 Å². The molecule has 1 saturated heterocycles. The third-order valence-electron chi connectivity index (χ3n) is 4.02. The first-order valence-electron chi connectivity index (χ1n) is 8.09. The average molecular weight is 310 g/mol. The third-order valence-corrected chi connectivity index (χ3v) is 4.02. The summed E-state index contributed by atoms with van der Waals surface area (Å²) in [5.41, 5.74) is 1.76. The van der Waals surface area contributed by atoms with Gasteiger partial charge >= 0.3 is 0 Å². The molecule has 4 heteroatoms. The topological polar surface area (TPSA) is 50.4 Å². The number of hydrogen-bond acceptors (Lipinski definition) is 3. The van der Waals surface area contributed by atoms with Crippen molar-refractivity contribution in [1.29, 1.82) is 0 Å². The Morgan fingerprint density at radius 3 is 2.65 bits per heavy atom. The fraction of sp³-hybridized carbons (Fsp3) is 0.316. The van der Waals surface area contributed by atoms with Crippen LogP contribution >= 0.6 is 0 Å². The van der Waals surface area contributed by atoms with E-state index in [0.717, 1.165) is 31.5 Å². The van der Waals surface area contributed by atoms with Gasteiger partial charge in [0, 0.05) is 11.6 Å². The molecule has 23 heavy (non-hydrogen) atoms. The van der Waals surface area contributed by atoms with Crippen LogP contribution < -0.4 is 15.4 Å². The fourth-order valence-corrected chi connectivity index (χ4v) is 2.70. The Morgan fingerprint density at radius 1 is 1.09 bits per heavy atom. The van der Waals surface area contributed by atoms with Crippen molar-refractivity contribution in [3.05, 3.63) is 65.7 Å². The highest BCUT2D eigenvalue weighted by atomic mass is 16.5. The highest BCUT2D eigenvalue weighted by Gasteiger charge is 2.16. The molecule has 2 N–H and O–H groups in total. The molecular weight excluding hydrogens is 288 g/mol. The van der Waals surface area contributed by atoms with Gasteiger partial charge in [-0.1, -0.05) is 36.4 Å². The summed E-state index contributed by atoms with van der Waals surface area (Å²) in [6, 6.07) is 17.6. The maximum absolute atomic E-state index is 12.4. The number of rotatable bonds is 5. The molecule has 0 saturated carbocycles. The maximum Gasteiger partial charge on any atom is 0.251 e. The lowest BCUT2D eigenvalue weighted by atomic mass is 10.1. The molecule has 1 aliphatic heterocycles. The number of hydrogen-bond donors (Lipinski definition) is 2. The van der Waals surface area contributed by atoms with Crippen LogP contribution in [0.2, 0.25) is 0 Å². The Labute approximate surface area is 136 Å². The first kappa shape index (κ1) is 15.6. The molecule has 0 aromatic heterocycles. The van der Waals surface area contributed by atoms with Crippen molar-refractivity contribution in [2.75, 3.05) is 13.1 Å². The van der Waals surface area contributed by atoms with E-state index in [1.54, 1.807) is 6.07 Å². The molecule has 1 aliphatic rings. The lowest BCUT2D eigenvalue weighted by Crippen LogP contribution is -2.42. The predicted molar refractivity (Wildman–Crippen MR) is 90.6 cm³/mol. The summed E-state index contributed by atoms with van der Waals surface area (Å²) < 4.78 is 5.78. The lowest BCUT2D eigenvalue weighted by molar-refractivity contribution is 0.0929. The Kier molecular flexibility index (Phi) is 5.27. The van der Waals surface area contributed by atoms with Crippen LogP contribution in [-0.4, -0.2) is 25.0 Å². The standard InChI is InChI=1S/C19H22N2O2/c22-19(21-17-9-11-20-12-10-17)16-7-4-8-18(13-16)23-14-15-5-2-1-3-6-15/h1-8,13,17,20H,9-12,14H2,(H,21,22). The van der Waals surface area contributed by atoms with Gasteiger partial charge in [-0.2, -0.15) is 0 Å². The number of carbonyl (C=O) groups excluding carboxylic acids is 1. The molecule has 0 radical (unpaired) electrons. The number of benzene rings is 2. The summed E-state index contributed by atoms with van der Waals surface area (Å²) >= 11 is 0. The second-order valence-corrected chi connectivity index (χ2v) is 5.80. The fourth-order valence-electron chi connectivity index (χ4n) is 2.70. The third kappa shape index (κ3) is 4.57. The number of piperidine rings is 1. The van der Waals surface area contributed by atoms with E-state index in [9.17, 15) is 4.79 Å². The van der Waals surface area contributed by atoms with Crippen molar-refractivity contribution in [2.45, 2.75) is 25.5 Å². The maximum atomic E-state index is 12.4. The van der Waals surface area contributed by atoms with E-state index in [1.165, 1.54) is 0 Å². The molecule has 2 aromatic rings. The van der Waals surface area contributed by atoms with E-state index < -0.39 is 0 Å². The number of amides is 1. The first-order chi connectivity index (χ1) is 11.3. The quantitative estimate of drug-likeness (QED) is 0.893. The van der Waals surface area contributed by atoms with E-state index in [0.29, 0.717) is 17.9 Å². The van der Waals surface area contributed by atoms with E-state index in [4.69, 9.17) is 4.74 Å².